The number of ether oxygens (including phenoxy) is 2. The molecule has 1 aliphatic carbocycles. The number of benzene rings is 1. The first-order chi connectivity index (χ1) is 13.7. The van der Waals surface area contributed by atoms with E-state index in [4.69, 9.17) is 9.47 Å². The van der Waals surface area contributed by atoms with Crippen LogP contribution in [0.3, 0.4) is 0 Å². The quantitative estimate of drug-likeness (QED) is 0.642. The molecular weight excluding hydrogens is 455 g/mol. The Kier molecular flexibility index (Phi) is 6.11. The molecule has 0 aliphatic heterocycles. The van der Waals surface area contributed by atoms with E-state index in [-0.39, 0.29) is 16.9 Å². The second kappa shape index (κ2) is 8.25. The van der Waals surface area contributed by atoms with Crippen LogP contribution in [-0.4, -0.2) is 29.9 Å². The second-order valence-electron chi connectivity index (χ2n) is 6.87. The Morgan fingerprint density at radius 1 is 1.34 bits per heavy atom. The molecule has 3 rings (SSSR count). The van der Waals surface area contributed by atoms with Crippen molar-refractivity contribution < 1.29 is 27.4 Å². The minimum atomic E-state index is -4.59. The molecule has 0 bridgehead atoms. The second-order valence-corrected chi connectivity index (χ2v) is 7.67. The third-order valence-electron chi connectivity index (χ3n) is 4.74. The summed E-state index contributed by atoms with van der Waals surface area (Å²) < 4.78 is 51.3. The molecular formula is C19H21BrF3N3O3. The van der Waals surface area contributed by atoms with Gasteiger partial charge in [0.25, 0.3) is 0 Å². The van der Waals surface area contributed by atoms with Crippen LogP contribution in [0.2, 0.25) is 0 Å². The normalized spacial score (nSPS) is 15.1. The zero-order valence-electron chi connectivity index (χ0n) is 16.1. The van der Waals surface area contributed by atoms with E-state index in [9.17, 15) is 18.0 Å². The van der Waals surface area contributed by atoms with Crippen molar-refractivity contribution in [3.63, 3.8) is 0 Å². The summed E-state index contributed by atoms with van der Waals surface area (Å²) >= 11 is 3.03. The predicted molar refractivity (Wildman–Crippen MR) is 103 cm³/mol. The molecule has 6 nitrogen and oxygen atoms in total. The highest BCUT2D eigenvalue weighted by molar-refractivity contribution is 9.10. The maximum Gasteiger partial charge on any atom is 0.436 e. The first-order valence-electron chi connectivity index (χ1n) is 9.00. The van der Waals surface area contributed by atoms with Crippen LogP contribution in [0.5, 0.6) is 11.5 Å². The van der Waals surface area contributed by atoms with E-state index < -0.39 is 23.8 Å². The van der Waals surface area contributed by atoms with Crippen LogP contribution in [0.1, 0.15) is 48.7 Å². The zero-order valence-corrected chi connectivity index (χ0v) is 17.7. The van der Waals surface area contributed by atoms with Gasteiger partial charge in [-0.2, -0.15) is 18.3 Å². The highest BCUT2D eigenvalue weighted by atomic mass is 79.9. The van der Waals surface area contributed by atoms with E-state index in [2.05, 4.69) is 26.3 Å². The van der Waals surface area contributed by atoms with Crippen LogP contribution in [0, 0.1) is 0 Å². The van der Waals surface area contributed by atoms with Gasteiger partial charge in [0, 0.05) is 11.5 Å². The molecule has 1 unspecified atom stereocenters. The first-order valence-corrected chi connectivity index (χ1v) is 9.79. The van der Waals surface area contributed by atoms with E-state index in [1.807, 2.05) is 0 Å². The smallest absolute Gasteiger partial charge is 0.436 e. The Balaban J connectivity index is 1.79. The van der Waals surface area contributed by atoms with Gasteiger partial charge in [0.2, 0.25) is 5.91 Å². The Bertz CT molecular complexity index is 910. The van der Waals surface area contributed by atoms with Gasteiger partial charge in [-0.3, -0.25) is 9.48 Å². The van der Waals surface area contributed by atoms with E-state index >= 15 is 0 Å². The molecule has 1 fully saturated rings. The predicted octanol–water partition coefficient (Wildman–Crippen LogP) is 4.44. The third-order valence-corrected chi connectivity index (χ3v) is 5.52. The Labute approximate surface area is 174 Å². The average molecular weight is 476 g/mol. The lowest BCUT2D eigenvalue weighted by Gasteiger charge is -2.18. The summed E-state index contributed by atoms with van der Waals surface area (Å²) in [5.41, 5.74) is 0.106. The van der Waals surface area contributed by atoms with Gasteiger partial charge < -0.3 is 14.8 Å². The molecule has 1 aliphatic rings. The summed E-state index contributed by atoms with van der Waals surface area (Å²) in [7, 11) is 3.05. The number of carbonyl (C=O) groups excluding carboxylic acids is 1. The highest BCUT2D eigenvalue weighted by Crippen LogP contribution is 2.47. The highest BCUT2D eigenvalue weighted by Gasteiger charge is 2.42. The van der Waals surface area contributed by atoms with E-state index in [1.54, 1.807) is 25.1 Å². The molecule has 0 radical (unpaired) electrons. The van der Waals surface area contributed by atoms with Crippen LogP contribution in [0.15, 0.2) is 22.7 Å². The standard InChI is InChI=1S/C19H21BrF3N3O3/c1-10(13-8-12(28-2)6-7-14(13)29-3)24-15(27)9-26-17(11-4-5-11)16(20)18(25-26)19(21,22)23/h6-8,10-11H,4-5,9H2,1-3H3,(H,24,27). The van der Waals surface area contributed by atoms with Crippen LogP contribution in [-0.2, 0) is 17.5 Å². The van der Waals surface area contributed by atoms with Gasteiger partial charge >= 0.3 is 6.18 Å². The molecule has 1 aromatic carbocycles. The molecule has 10 heteroatoms. The van der Waals surface area contributed by atoms with Gasteiger partial charge in [0.15, 0.2) is 5.69 Å². The SMILES string of the molecule is COc1ccc(OC)c(C(C)NC(=O)Cn2nc(C(F)(F)F)c(Br)c2C2CC2)c1. The molecule has 0 spiro atoms. The maximum absolute atomic E-state index is 13.2. The maximum atomic E-state index is 13.2. The lowest BCUT2D eigenvalue weighted by Crippen LogP contribution is -2.31. The number of hydrogen-bond acceptors (Lipinski definition) is 4. The van der Waals surface area contributed by atoms with Crippen LogP contribution in [0.25, 0.3) is 0 Å². The minimum absolute atomic E-state index is 0.0170. The van der Waals surface area contributed by atoms with Crippen molar-refractivity contribution in [1.82, 2.24) is 15.1 Å². The van der Waals surface area contributed by atoms with Crippen molar-refractivity contribution in [2.75, 3.05) is 14.2 Å². The number of hydrogen-bond donors (Lipinski definition) is 1. The van der Waals surface area contributed by atoms with Crippen molar-refractivity contribution in [3.05, 3.63) is 39.6 Å². The van der Waals surface area contributed by atoms with Gasteiger partial charge in [-0.15, -0.1) is 0 Å². The molecule has 1 aromatic heterocycles. The van der Waals surface area contributed by atoms with Crippen molar-refractivity contribution >= 4 is 21.8 Å². The summed E-state index contributed by atoms with van der Waals surface area (Å²) in [6.45, 7) is 1.45. The fourth-order valence-corrected chi connectivity index (χ4v) is 4.01. The van der Waals surface area contributed by atoms with Gasteiger partial charge in [0.1, 0.15) is 18.0 Å². The molecule has 2 aromatic rings. The largest absolute Gasteiger partial charge is 0.497 e. The molecule has 1 N–H and O–H groups in total. The molecule has 1 heterocycles. The van der Waals surface area contributed by atoms with Gasteiger partial charge in [-0.25, -0.2) is 0 Å². The van der Waals surface area contributed by atoms with Gasteiger partial charge in [0.05, 0.1) is 30.4 Å². The molecule has 29 heavy (non-hydrogen) atoms. The Morgan fingerprint density at radius 3 is 2.59 bits per heavy atom. The Morgan fingerprint density at radius 2 is 2.03 bits per heavy atom. The van der Waals surface area contributed by atoms with Gasteiger partial charge in [-0.1, -0.05) is 0 Å². The first kappa shape index (κ1) is 21.5. The molecule has 1 amide bonds. The fourth-order valence-electron chi connectivity index (χ4n) is 3.18. The van der Waals surface area contributed by atoms with E-state index in [0.29, 0.717) is 22.8 Å². The molecule has 0 saturated heterocycles. The molecule has 158 valence electrons. The van der Waals surface area contributed by atoms with Gasteiger partial charge in [-0.05, 0) is 53.9 Å². The average Bonchev–Trinajstić information content (AvgIpc) is 3.43. The minimum Gasteiger partial charge on any atom is -0.497 e. The zero-order chi connectivity index (χ0) is 21.3. The molecule has 1 atom stereocenters. The number of amides is 1. The third kappa shape index (κ3) is 4.68. The number of methoxy groups -OCH3 is 2. The summed E-state index contributed by atoms with van der Waals surface area (Å²) in [5, 5.41) is 6.46. The van der Waals surface area contributed by atoms with Crippen molar-refractivity contribution in [2.45, 2.75) is 44.4 Å². The van der Waals surface area contributed by atoms with Crippen molar-refractivity contribution in [3.8, 4) is 11.5 Å². The number of halogens is 4. The lowest BCUT2D eigenvalue weighted by atomic mass is 10.1. The summed E-state index contributed by atoms with van der Waals surface area (Å²) in [6, 6.07) is 4.75. The summed E-state index contributed by atoms with van der Waals surface area (Å²) in [6.07, 6.45) is -3.04. The fraction of sp³-hybridized carbons (Fsp3) is 0.474. The number of nitrogens with one attached hydrogen (secondary N) is 1. The number of carbonyl (C=O) groups is 1. The molecule has 1 saturated carbocycles. The number of alkyl halides is 3. The van der Waals surface area contributed by atoms with Crippen LogP contribution < -0.4 is 14.8 Å². The topological polar surface area (TPSA) is 65.4 Å². The summed E-state index contributed by atoms with van der Waals surface area (Å²) in [5.74, 6) is 0.701. The van der Waals surface area contributed by atoms with Crippen molar-refractivity contribution in [1.29, 1.82) is 0 Å². The monoisotopic (exact) mass is 475 g/mol. The van der Waals surface area contributed by atoms with Crippen LogP contribution in [0.4, 0.5) is 13.2 Å². The van der Waals surface area contributed by atoms with Crippen molar-refractivity contribution in [2.24, 2.45) is 0 Å². The van der Waals surface area contributed by atoms with Crippen LogP contribution >= 0.6 is 15.9 Å². The Hall–Kier alpha value is -2.23. The number of nitrogens with zero attached hydrogens (tertiary/aromatic N) is 2. The summed E-state index contributed by atoms with van der Waals surface area (Å²) in [4.78, 5) is 12.6. The van der Waals surface area contributed by atoms with E-state index in [0.717, 1.165) is 17.5 Å². The van der Waals surface area contributed by atoms with E-state index in [1.165, 1.54) is 14.2 Å². The number of rotatable bonds is 7. The lowest BCUT2D eigenvalue weighted by molar-refractivity contribution is -0.142. The number of aromatic nitrogens is 2.